The summed E-state index contributed by atoms with van der Waals surface area (Å²) in [5, 5.41) is 11.8. The molecule has 0 aliphatic rings. The zero-order valence-electron chi connectivity index (χ0n) is 18.0. The van der Waals surface area contributed by atoms with Gasteiger partial charge >= 0.3 is 12.2 Å². The van der Waals surface area contributed by atoms with Crippen molar-refractivity contribution in [2.24, 2.45) is 0 Å². The molecular formula is C24H32N2O5. The third-order valence-electron chi connectivity index (χ3n) is 4.71. The van der Waals surface area contributed by atoms with E-state index in [0.29, 0.717) is 32.4 Å². The maximum atomic E-state index is 12.5. The summed E-state index contributed by atoms with van der Waals surface area (Å²) in [5.41, 5.74) is 1.84. The second-order valence-corrected chi connectivity index (χ2v) is 7.35. The van der Waals surface area contributed by atoms with Crippen LogP contribution in [0, 0.1) is 0 Å². The monoisotopic (exact) mass is 428 g/mol. The molecule has 1 unspecified atom stereocenters. The van der Waals surface area contributed by atoms with Gasteiger partial charge in [0.2, 0.25) is 0 Å². The van der Waals surface area contributed by atoms with Crippen LogP contribution in [0.3, 0.4) is 0 Å². The molecule has 0 aliphatic heterocycles. The van der Waals surface area contributed by atoms with Crippen molar-refractivity contribution in [1.29, 1.82) is 0 Å². The van der Waals surface area contributed by atoms with Crippen molar-refractivity contribution < 1.29 is 24.2 Å². The Bertz CT molecular complexity index is 770. The molecule has 1 atom stereocenters. The number of benzene rings is 2. The molecule has 2 rings (SSSR count). The highest BCUT2D eigenvalue weighted by molar-refractivity contribution is 5.68. The van der Waals surface area contributed by atoms with Gasteiger partial charge in [0, 0.05) is 25.7 Å². The van der Waals surface area contributed by atoms with Crippen LogP contribution in [-0.4, -0.2) is 47.9 Å². The number of nitrogens with zero attached hydrogens (tertiary/aromatic N) is 1. The SMILES string of the molecule is CC(CCN(CCCCO)C(=O)OCc1ccccc1)NC(=O)OCc1ccccc1. The third-order valence-corrected chi connectivity index (χ3v) is 4.71. The van der Waals surface area contributed by atoms with Crippen molar-refractivity contribution in [3.8, 4) is 0 Å². The number of ether oxygens (including phenoxy) is 2. The molecule has 31 heavy (non-hydrogen) atoms. The summed E-state index contributed by atoms with van der Waals surface area (Å²) in [5.74, 6) is 0. The maximum absolute atomic E-state index is 12.5. The lowest BCUT2D eigenvalue weighted by Crippen LogP contribution is -2.39. The maximum Gasteiger partial charge on any atom is 0.410 e. The summed E-state index contributed by atoms with van der Waals surface area (Å²) in [6, 6.07) is 18.8. The smallest absolute Gasteiger partial charge is 0.410 e. The quantitative estimate of drug-likeness (QED) is 0.497. The molecule has 0 bridgehead atoms. The Labute approximate surface area is 184 Å². The van der Waals surface area contributed by atoms with Crippen molar-refractivity contribution in [3.63, 3.8) is 0 Å². The lowest BCUT2D eigenvalue weighted by atomic mass is 10.2. The molecule has 7 nitrogen and oxygen atoms in total. The Hall–Kier alpha value is -3.06. The number of nitrogens with one attached hydrogen (secondary N) is 1. The molecule has 0 saturated heterocycles. The van der Waals surface area contributed by atoms with Crippen LogP contribution in [0.15, 0.2) is 60.7 Å². The van der Waals surface area contributed by atoms with E-state index in [9.17, 15) is 9.59 Å². The fraction of sp³-hybridized carbons (Fsp3) is 0.417. The first-order valence-electron chi connectivity index (χ1n) is 10.6. The Morgan fingerprint density at radius 3 is 2.06 bits per heavy atom. The van der Waals surface area contributed by atoms with Crippen molar-refractivity contribution in [2.75, 3.05) is 19.7 Å². The molecule has 2 aromatic carbocycles. The van der Waals surface area contributed by atoms with Crippen molar-refractivity contribution in [1.82, 2.24) is 10.2 Å². The minimum atomic E-state index is -0.491. The first-order chi connectivity index (χ1) is 15.1. The summed E-state index contributed by atoms with van der Waals surface area (Å²) in [6.07, 6.45) is 0.954. The van der Waals surface area contributed by atoms with E-state index >= 15 is 0 Å². The zero-order chi connectivity index (χ0) is 22.3. The minimum absolute atomic E-state index is 0.0815. The van der Waals surface area contributed by atoms with E-state index in [1.165, 1.54) is 0 Å². The van der Waals surface area contributed by atoms with Crippen molar-refractivity contribution in [2.45, 2.75) is 45.4 Å². The van der Waals surface area contributed by atoms with Gasteiger partial charge in [-0.3, -0.25) is 0 Å². The average Bonchev–Trinajstić information content (AvgIpc) is 2.79. The standard InChI is InChI=1S/C24H32N2O5/c1-20(25-23(28)30-18-21-10-4-2-5-11-21)14-16-26(15-8-9-17-27)24(29)31-19-22-12-6-3-7-13-22/h2-7,10-13,20,27H,8-9,14-19H2,1H3,(H,25,28). The lowest BCUT2D eigenvalue weighted by molar-refractivity contribution is 0.0930. The van der Waals surface area contributed by atoms with Gasteiger partial charge in [0.1, 0.15) is 13.2 Å². The molecular weight excluding hydrogens is 396 g/mol. The molecule has 0 saturated carbocycles. The van der Waals surface area contributed by atoms with Gasteiger partial charge in [-0.25, -0.2) is 9.59 Å². The Morgan fingerprint density at radius 1 is 0.903 bits per heavy atom. The summed E-state index contributed by atoms with van der Waals surface area (Å²) in [6.45, 7) is 3.27. The number of aliphatic hydroxyl groups excluding tert-OH is 1. The van der Waals surface area contributed by atoms with Gasteiger partial charge in [-0.05, 0) is 37.3 Å². The van der Waals surface area contributed by atoms with Gasteiger partial charge in [0.05, 0.1) is 0 Å². The van der Waals surface area contributed by atoms with E-state index in [0.717, 1.165) is 11.1 Å². The molecule has 0 aromatic heterocycles. The van der Waals surface area contributed by atoms with Gasteiger partial charge < -0.3 is 24.8 Å². The Morgan fingerprint density at radius 2 is 1.48 bits per heavy atom. The van der Waals surface area contributed by atoms with E-state index in [2.05, 4.69) is 5.32 Å². The van der Waals surface area contributed by atoms with E-state index < -0.39 is 12.2 Å². The molecule has 0 radical (unpaired) electrons. The number of amides is 2. The molecule has 2 aromatic rings. The second kappa shape index (κ2) is 14.0. The Kier molecular flexibility index (Phi) is 11.0. The van der Waals surface area contributed by atoms with Crippen LogP contribution in [0.2, 0.25) is 0 Å². The normalized spacial score (nSPS) is 11.4. The highest BCUT2D eigenvalue weighted by Crippen LogP contribution is 2.07. The van der Waals surface area contributed by atoms with Crippen LogP contribution in [-0.2, 0) is 22.7 Å². The van der Waals surface area contributed by atoms with Gasteiger partial charge in [0.25, 0.3) is 0 Å². The topological polar surface area (TPSA) is 88.1 Å². The van der Waals surface area contributed by atoms with Crippen LogP contribution < -0.4 is 5.32 Å². The molecule has 2 N–H and O–H groups in total. The number of rotatable bonds is 12. The molecule has 0 spiro atoms. The molecule has 0 aliphatic carbocycles. The highest BCUT2D eigenvalue weighted by atomic mass is 16.6. The fourth-order valence-corrected chi connectivity index (χ4v) is 2.91. The average molecular weight is 429 g/mol. The van der Waals surface area contributed by atoms with E-state index in [1.54, 1.807) is 4.90 Å². The number of carbonyl (C=O) groups excluding carboxylic acids is 2. The number of carbonyl (C=O) groups is 2. The number of hydrogen-bond acceptors (Lipinski definition) is 5. The number of hydrogen-bond donors (Lipinski definition) is 2. The predicted octanol–water partition coefficient (Wildman–Crippen LogP) is 4.10. The highest BCUT2D eigenvalue weighted by Gasteiger charge is 2.17. The molecule has 7 heteroatoms. The van der Waals surface area contributed by atoms with E-state index in [-0.39, 0.29) is 25.9 Å². The van der Waals surface area contributed by atoms with E-state index in [1.807, 2.05) is 67.6 Å². The van der Waals surface area contributed by atoms with E-state index in [4.69, 9.17) is 14.6 Å². The number of alkyl carbamates (subject to hydrolysis) is 1. The summed E-state index contributed by atoms with van der Waals surface area (Å²) in [4.78, 5) is 26.2. The Balaban J connectivity index is 1.76. The summed E-state index contributed by atoms with van der Waals surface area (Å²) in [7, 11) is 0. The van der Waals surface area contributed by atoms with Crippen LogP contribution >= 0.6 is 0 Å². The van der Waals surface area contributed by atoms with Crippen molar-refractivity contribution in [3.05, 3.63) is 71.8 Å². The largest absolute Gasteiger partial charge is 0.445 e. The van der Waals surface area contributed by atoms with Gasteiger partial charge in [-0.1, -0.05) is 60.7 Å². The third kappa shape index (κ3) is 10.00. The summed E-state index contributed by atoms with van der Waals surface area (Å²) < 4.78 is 10.7. The fourth-order valence-electron chi connectivity index (χ4n) is 2.91. The van der Waals surface area contributed by atoms with Crippen LogP contribution in [0.1, 0.15) is 37.3 Å². The number of unbranched alkanes of at least 4 members (excludes halogenated alkanes) is 1. The molecule has 0 fully saturated rings. The van der Waals surface area contributed by atoms with Crippen LogP contribution in [0.4, 0.5) is 9.59 Å². The first-order valence-corrected chi connectivity index (χ1v) is 10.6. The van der Waals surface area contributed by atoms with Gasteiger partial charge in [0.15, 0.2) is 0 Å². The van der Waals surface area contributed by atoms with Crippen molar-refractivity contribution >= 4 is 12.2 Å². The lowest BCUT2D eigenvalue weighted by Gasteiger charge is -2.24. The van der Waals surface area contributed by atoms with Crippen LogP contribution in [0.25, 0.3) is 0 Å². The second-order valence-electron chi connectivity index (χ2n) is 7.35. The predicted molar refractivity (Wildman–Crippen MR) is 118 cm³/mol. The molecule has 2 amide bonds. The summed E-state index contributed by atoms with van der Waals surface area (Å²) >= 11 is 0. The first kappa shape index (κ1) is 24.2. The van der Waals surface area contributed by atoms with Gasteiger partial charge in [-0.15, -0.1) is 0 Å². The number of aliphatic hydroxyl groups is 1. The minimum Gasteiger partial charge on any atom is -0.445 e. The molecule has 0 heterocycles. The zero-order valence-corrected chi connectivity index (χ0v) is 18.0. The molecule has 168 valence electrons. The van der Waals surface area contributed by atoms with Gasteiger partial charge in [-0.2, -0.15) is 0 Å². The van der Waals surface area contributed by atoms with Crippen LogP contribution in [0.5, 0.6) is 0 Å².